The third-order valence-corrected chi connectivity index (χ3v) is 4.92. The fourth-order valence-electron chi connectivity index (χ4n) is 3.55. The summed E-state index contributed by atoms with van der Waals surface area (Å²) in [5.41, 5.74) is 0.546. The lowest BCUT2D eigenvalue weighted by Gasteiger charge is -2.50. The number of hydrogen-bond acceptors (Lipinski definition) is 5. The molecule has 1 aromatic rings. The van der Waals surface area contributed by atoms with Crippen LogP contribution in [0.15, 0.2) is 24.3 Å². The Morgan fingerprint density at radius 2 is 1.82 bits per heavy atom. The fraction of sp³-hybridized carbons (Fsp3) is 0.562. The van der Waals surface area contributed by atoms with Crippen LogP contribution < -0.4 is 0 Å². The normalized spacial score (nSPS) is 30.6. The van der Waals surface area contributed by atoms with Crippen molar-refractivity contribution >= 4 is 11.7 Å². The lowest BCUT2D eigenvalue weighted by Crippen LogP contribution is -2.46. The highest BCUT2D eigenvalue weighted by atomic mass is 16.6. The van der Waals surface area contributed by atoms with Crippen molar-refractivity contribution in [1.82, 2.24) is 0 Å². The number of non-ortho nitro benzene ring substituents is 1. The van der Waals surface area contributed by atoms with Crippen molar-refractivity contribution in [2.24, 2.45) is 5.41 Å². The zero-order chi connectivity index (χ0) is 15.7. The maximum Gasteiger partial charge on any atom is 0.338 e. The summed E-state index contributed by atoms with van der Waals surface area (Å²) in [6.45, 7) is 0. The van der Waals surface area contributed by atoms with Gasteiger partial charge in [-0.3, -0.25) is 10.1 Å². The molecule has 0 heterocycles. The Morgan fingerprint density at radius 1 is 1.23 bits per heavy atom. The number of nitrogens with zero attached hydrogens (tertiary/aromatic N) is 1. The number of rotatable bonds is 3. The van der Waals surface area contributed by atoms with Crippen LogP contribution in [0.4, 0.5) is 5.69 Å². The first-order valence-corrected chi connectivity index (χ1v) is 7.61. The highest BCUT2D eigenvalue weighted by Crippen LogP contribution is 2.52. The van der Waals surface area contributed by atoms with Crippen molar-refractivity contribution in [2.45, 2.75) is 50.7 Å². The van der Waals surface area contributed by atoms with E-state index in [4.69, 9.17) is 4.74 Å². The molecule has 2 fully saturated rings. The Morgan fingerprint density at radius 3 is 2.36 bits per heavy atom. The number of carbonyl (C=O) groups excluding carboxylic acids is 1. The van der Waals surface area contributed by atoms with Gasteiger partial charge in [0.1, 0.15) is 6.10 Å². The lowest BCUT2D eigenvalue weighted by atomic mass is 9.59. The first-order valence-electron chi connectivity index (χ1n) is 7.61. The van der Waals surface area contributed by atoms with Gasteiger partial charge in [0.15, 0.2) is 0 Å². The average Bonchev–Trinajstić information content (AvgIpc) is 2.48. The summed E-state index contributed by atoms with van der Waals surface area (Å²) in [7, 11) is 0. The van der Waals surface area contributed by atoms with Crippen molar-refractivity contribution in [3.05, 3.63) is 39.9 Å². The van der Waals surface area contributed by atoms with Crippen LogP contribution in [0.2, 0.25) is 0 Å². The van der Waals surface area contributed by atoms with Crippen LogP contribution in [-0.2, 0) is 4.74 Å². The number of aliphatic hydroxyl groups excluding tert-OH is 1. The summed E-state index contributed by atoms with van der Waals surface area (Å²) in [5, 5.41) is 20.1. The quantitative estimate of drug-likeness (QED) is 0.527. The average molecular weight is 305 g/mol. The van der Waals surface area contributed by atoms with Gasteiger partial charge < -0.3 is 9.84 Å². The van der Waals surface area contributed by atoms with Crippen molar-refractivity contribution in [3.8, 4) is 0 Å². The van der Waals surface area contributed by atoms with Crippen molar-refractivity contribution in [3.63, 3.8) is 0 Å². The van der Waals surface area contributed by atoms with Crippen LogP contribution in [0, 0.1) is 15.5 Å². The Hall–Kier alpha value is -1.95. The maximum atomic E-state index is 12.0. The zero-order valence-corrected chi connectivity index (χ0v) is 12.2. The molecule has 6 nitrogen and oxygen atoms in total. The summed E-state index contributed by atoms with van der Waals surface area (Å²) >= 11 is 0. The first kappa shape index (κ1) is 15.0. The number of nitro groups is 1. The number of benzene rings is 1. The first-order chi connectivity index (χ1) is 10.5. The number of ether oxygens (including phenoxy) is 1. The molecule has 0 aromatic heterocycles. The fourth-order valence-corrected chi connectivity index (χ4v) is 3.55. The molecule has 2 saturated carbocycles. The van der Waals surface area contributed by atoms with Crippen LogP contribution >= 0.6 is 0 Å². The molecule has 0 saturated heterocycles. The van der Waals surface area contributed by atoms with E-state index in [0.717, 1.165) is 38.5 Å². The van der Waals surface area contributed by atoms with Gasteiger partial charge in [0.25, 0.3) is 5.69 Å². The lowest BCUT2D eigenvalue weighted by molar-refractivity contribution is -0.384. The number of esters is 1. The number of aliphatic hydroxyl groups is 1. The topological polar surface area (TPSA) is 89.7 Å². The van der Waals surface area contributed by atoms with Gasteiger partial charge in [-0.1, -0.05) is 0 Å². The molecule has 0 bridgehead atoms. The monoisotopic (exact) mass is 305 g/mol. The van der Waals surface area contributed by atoms with Gasteiger partial charge in [-0.15, -0.1) is 0 Å². The molecule has 1 aromatic carbocycles. The van der Waals surface area contributed by atoms with Crippen LogP contribution in [0.5, 0.6) is 0 Å². The predicted octanol–water partition coefficient (Wildman–Crippen LogP) is 2.84. The molecule has 0 radical (unpaired) electrons. The van der Waals surface area contributed by atoms with Gasteiger partial charge in [-0.05, 0) is 56.1 Å². The number of nitro benzene ring substituents is 1. The summed E-state index contributed by atoms with van der Waals surface area (Å²) in [6, 6.07) is 5.46. The van der Waals surface area contributed by atoms with Crippen LogP contribution in [0.25, 0.3) is 0 Å². The Labute approximate surface area is 128 Å². The van der Waals surface area contributed by atoms with E-state index in [1.807, 2.05) is 0 Å². The van der Waals surface area contributed by atoms with Crippen molar-refractivity contribution in [1.29, 1.82) is 0 Å². The summed E-state index contributed by atoms with van der Waals surface area (Å²) in [6.07, 6.45) is 5.15. The van der Waals surface area contributed by atoms with Crippen molar-refractivity contribution < 1.29 is 19.6 Å². The van der Waals surface area contributed by atoms with Crippen LogP contribution in [-0.4, -0.2) is 28.2 Å². The molecule has 2 aliphatic rings. The molecule has 2 aliphatic carbocycles. The summed E-state index contributed by atoms with van der Waals surface area (Å²) < 4.78 is 5.46. The molecular weight excluding hydrogens is 286 g/mol. The van der Waals surface area contributed by atoms with E-state index in [9.17, 15) is 20.0 Å². The third kappa shape index (κ3) is 2.97. The molecule has 0 aliphatic heterocycles. The van der Waals surface area contributed by atoms with Gasteiger partial charge in [0.05, 0.1) is 16.6 Å². The zero-order valence-electron chi connectivity index (χ0n) is 12.2. The van der Waals surface area contributed by atoms with Crippen LogP contribution in [0.1, 0.15) is 48.9 Å². The SMILES string of the molecule is O=C(OC1CC2(CCC(O)CC2)C1)c1ccc([N+](=O)[O-])cc1. The Kier molecular flexibility index (Phi) is 3.87. The van der Waals surface area contributed by atoms with Gasteiger partial charge in [0, 0.05) is 12.1 Å². The molecule has 0 unspecified atom stereocenters. The second kappa shape index (κ2) is 5.68. The smallest absolute Gasteiger partial charge is 0.338 e. The molecule has 0 amide bonds. The van der Waals surface area contributed by atoms with Gasteiger partial charge in [-0.25, -0.2) is 4.79 Å². The molecule has 6 heteroatoms. The number of hydrogen-bond donors (Lipinski definition) is 1. The highest BCUT2D eigenvalue weighted by Gasteiger charge is 2.47. The van der Waals surface area contributed by atoms with E-state index < -0.39 is 10.9 Å². The summed E-state index contributed by atoms with van der Waals surface area (Å²) in [4.78, 5) is 22.1. The minimum absolute atomic E-state index is 0.0417. The molecule has 1 N–H and O–H groups in total. The van der Waals surface area contributed by atoms with E-state index in [1.165, 1.54) is 24.3 Å². The minimum atomic E-state index is -0.498. The number of carbonyl (C=O) groups is 1. The van der Waals surface area contributed by atoms with Crippen LogP contribution in [0.3, 0.4) is 0 Å². The Bertz CT molecular complexity index is 567. The van der Waals surface area contributed by atoms with E-state index in [2.05, 4.69) is 0 Å². The maximum absolute atomic E-state index is 12.0. The Balaban J connectivity index is 1.52. The molecule has 0 atom stereocenters. The van der Waals surface area contributed by atoms with E-state index in [-0.39, 0.29) is 23.3 Å². The largest absolute Gasteiger partial charge is 0.459 e. The molecule has 3 rings (SSSR count). The van der Waals surface area contributed by atoms with E-state index >= 15 is 0 Å². The van der Waals surface area contributed by atoms with Crippen molar-refractivity contribution in [2.75, 3.05) is 0 Å². The van der Waals surface area contributed by atoms with Gasteiger partial charge >= 0.3 is 5.97 Å². The summed E-state index contributed by atoms with van der Waals surface area (Å²) in [5.74, 6) is -0.425. The predicted molar refractivity (Wildman–Crippen MR) is 78.4 cm³/mol. The minimum Gasteiger partial charge on any atom is -0.459 e. The molecular formula is C16H19NO5. The van der Waals surface area contributed by atoms with E-state index in [0.29, 0.717) is 5.56 Å². The molecule has 118 valence electrons. The second-order valence-electron chi connectivity index (χ2n) is 6.47. The molecule has 22 heavy (non-hydrogen) atoms. The standard InChI is InChI=1S/C16H19NO5/c18-13-5-7-16(8-6-13)9-14(10-16)22-15(19)11-1-3-12(4-2-11)17(20)21/h1-4,13-14,18H,5-10H2. The third-order valence-electron chi connectivity index (χ3n) is 4.92. The van der Waals surface area contributed by atoms with Gasteiger partial charge in [0.2, 0.25) is 0 Å². The van der Waals surface area contributed by atoms with E-state index in [1.54, 1.807) is 0 Å². The van der Waals surface area contributed by atoms with Gasteiger partial charge in [-0.2, -0.15) is 0 Å². The highest BCUT2D eigenvalue weighted by molar-refractivity contribution is 5.89. The molecule has 1 spiro atoms. The second-order valence-corrected chi connectivity index (χ2v) is 6.47.